The molecular formula is C30H30FN5O2. The number of halogens is 1. The van der Waals surface area contributed by atoms with Crippen LogP contribution in [0.5, 0.6) is 0 Å². The molecule has 8 heteroatoms. The second kappa shape index (κ2) is 11.5. The Kier molecular flexibility index (Phi) is 7.72. The second-order valence-corrected chi connectivity index (χ2v) is 9.40. The fourth-order valence-electron chi connectivity index (χ4n) is 4.38. The van der Waals surface area contributed by atoms with Crippen LogP contribution in [0, 0.1) is 19.7 Å². The first kappa shape index (κ1) is 25.5. The van der Waals surface area contributed by atoms with Crippen molar-refractivity contribution < 1.29 is 13.9 Å². The Labute approximate surface area is 221 Å². The Morgan fingerprint density at radius 1 is 0.974 bits per heavy atom. The van der Waals surface area contributed by atoms with Crippen LogP contribution in [0.25, 0.3) is 11.3 Å². The summed E-state index contributed by atoms with van der Waals surface area (Å²) < 4.78 is 20.4. The number of nitrogens with one attached hydrogen (secondary N) is 2. The number of carbonyl (C=O) groups is 1. The third-order valence-corrected chi connectivity index (χ3v) is 6.56. The number of carbonyl (C=O) groups excluding carboxylic acids is 1. The van der Waals surface area contributed by atoms with Crippen molar-refractivity contribution in [1.82, 2.24) is 14.9 Å². The molecule has 1 amide bonds. The van der Waals surface area contributed by atoms with E-state index in [2.05, 4.69) is 31.6 Å². The first-order chi connectivity index (χ1) is 18.5. The summed E-state index contributed by atoms with van der Waals surface area (Å²) >= 11 is 0. The zero-order valence-electron chi connectivity index (χ0n) is 21.5. The number of anilines is 3. The molecule has 1 aromatic heterocycles. The van der Waals surface area contributed by atoms with E-state index in [1.165, 1.54) is 12.1 Å². The van der Waals surface area contributed by atoms with Crippen LogP contribution in [-0.4, -0.2) is 47.1 Å². The summed E-state index contributed by atoms with van der Waals surface area (Å²) in [7, 11) is 0. The standard InChI is InChI=1S/C30H30FN5O2/c1-20-8-9-22(19-36-12-14-38-15-13-36)16-27(20)33-29(37)24-10-11-26(25(31)17-24)34-30-32-18-21(2)28(35-30)23-6-4-3-5-7-23/h3-11,16-18H,12-15,19H2,1-2H3,(H,33,37)(H,32,34,35). The predicted octanol–water partition coefficient (Wildman–Crippen LogP) is 5.73. The Morgan fingerprint density at radius 2 is 1.76 bits per heavy atom. The van der Waals surface area contributed by atoms with E-state index in [0.29, 0.717) is 5.69 Å². The minimum absolute atomic E-state index is 0.188. The van der Waals surface area contributed by atoms with Crippen LogP contribution in [-0.2, 0) is 11.3 Å². The maximum atomic E-state index is 15.0. The molecule has 0 aliphatic carbocycles. The summed E-state index contributed by atoms with van der Waals surface area (Å²) in [6.45, 7) is 7.89. The average molecular weight is 512 g/mol. The van der Waals surface area contributed by atoms with Gasteiger partial charge < -0.3 is 15.4 Å². The third kappa shape index (κ3) is 6.04. The molecule has 1 aliphatic rings. The quantitative estimate of drug-likeness (QED) is 0.330. The van der Waals surface area contributed by atoms with Gasteiger partial charge in [0.05, 0.1) is 24.6 Å². The largest absolute Gasteiger partial charge is 0.379 e. The van der Waals surface area contributed by atoms with Gasteiger partial charge in [0.25, 0.3) is 5.91 Å². The first-order valence-corrected chi connectivity index (χ1v) is 12.6. The lowest BCUT2D eigenvalue weighted by atomic mass is 10.1. The van der Waals surface area contributed by atoms with Crippen molar-refractivity contribution in [2.24, 2.45) is 0 Å². The van der Waals surface area contributed by atoms with E-state index in [1.54, 1.807) is 12.3 Å². The van der Waals surface area contributed by atoms with Gasteiger partial charge in [-0.3, -0.25) is 9.69 Å². The molecule has 0 unspecified atom stereocenters. The fraction of sp³-hybridized carbons (Fsp3) is 0.233. The monoisotopic (exact) mass is 511 g/mol. The summed E-state index contributed by atoms with van der Waals surface area (Å²) in [5.41, 5.74) is 5.80. The van der Waals surface area contributed by atoms with E-state index in [4.69, 9.17) is 4.74 Å². The molecule has 0 spiro atoms. The van der Waals surface area contributed by atoms with Crippen LogP contribution < -0.4 is 10.6 Å². The van der Waals surface area contributed by atoms with Gasteiger partial charge in [0.1, 0.15) is 5.82 Å². The van der Waals surface area contributed by atoms with Crippen molar-refractivity contribution in [2.45, 2.75) is 20.4 Å². The summed E-state index contributed by atoms with van der Waals surface area (Å²) in [6.07, 6.45) is 1.70. The Bertz CT molecular complexity index is 1440. The number of hydrogen-bond acceptors (Lipinski definition) is 6. The number of amides is 1. The van der Waals surface area contributed by atoms with Crippen LogP contribution >= 0.6 is 0 Å². The van der Waals surface area contributed by atoms with E-state index in [1.807, 2.05) is 56.3 Å². The molecule has 5 rings (SSSR count). The Balaban J connectivity index is 1.28. The topological polar surface area (TPSA) is 79.4 Å². The van der Waals surface area contributed by atoms with Gasteiger partial charge in [-0.05, 0) is 54.8 Å². The molecule has 0 bridgehead atoms. The van der Waals surface area contributed by atoms with Gasteiger partial charge >= 0.3 is 0 Å². The summed E-state index contributed by atoms with van der Waals surface area (Å²) in [4.78, 5) is 24.2. The van der Waals surface area contributed by atoms with Crippen molar-refractivity contribution in [3.8, 4) is 11.3 Å². The van der Waals surface area contributed by atoms with Gasteiger partial charge in [0.2, 0.25) is 5.95 Å². The number of nitrogens with zero attached hydrogens (tertiary/aromatic N) is 3. The van der Waals surface area contributed by atoms with Crippen LogP contribution in [0.3, 0.4) is 0 Å². The number of ether oxygens (including phenoxy) is 1. The molecule has 1 fully saturated rings. The first-order valence-electron chi connectivity index (χ1n) is 12.6. The number of aryl methyl sites for hydroxylation is 2. The minimum atomic E-state index is -0.569. The molecule has 7 nitrogen and oxygen atoms in total. The molecular weight excluding hydrogens is 481 g/mol. The SMILES string of the molecule is Cc1ccc(CN2CCOCC2)cc1NC(=O)c1ccc(Nc2ncc(C)c(-c3ccccc3)n2)c(F)c1. The van der Waals surface area contributed by atoms with Crippen LogP contribution in [0.1, 0.15) is 27.0 Å². The highest BCUT2D eigenvalue weighted by atomic mass is 19.1. The second-order valence-electron chi connectivity index (χ2n) is 9.40. The maximum absolute atomic E-state index is 15.0. The zero-order chi connectivity index (χ0) is 26.5. The molecule has 38 heavy (non-hydrogen) atoms. The lowest BCUT2D eigenvalue weighted by molar-refractivity contribution is 0.0342. The maximum Gasteiger partial charge on any atom is 0.255 e. The molecule has 2 heterocycles. The summed E-state index contributed by atoms with van der Waals surface area (Å²) in [5.74, 6) is -0.667. The number of aromatic nitrogens is 2. The van der Waals surface area contributed by atoms with Crippen molar-refractivity contribution in [2.75, 3.05) is 36.9 Å². The van der Waals surface area contributed by atoms with Crippen LogP contribution in [0.4, 0.5) is 21.7 Å². The van der Waals surface area contributed by atoms with Crippen molar-refractivity contribution >= 4 is 23.2 Å². The highest BCUT2D eigenvalue weighted by molar-refractivity contribution is 6.05. The fourth-order valence-corrected chi connectivity index (χ4v) is 4.38. The van der Waals surface area contributed by atoms with Crippen molar-refractivity contribution in [1.29, 1.82) is 0 Å². The summed E-state index contributed by atoms with van der Waals surface area (Å²) in [6, 6.07) is 20.1. The number of morpholine rings is 1. The lowest BCUT2D eigenvalue weighted by Gasteiger charge is -2.26. The predicted molar refractivity (Wildman–Crippen MR) is 147 cm³/mol. The normalized spacial score (nSPS) is 13.8. The molecule has 1 aliphatic heterocycles. The van der Waals surface area contributed by atoms with Crippen molar-refractivity contribution in [3.05, 3.63) is 101 Å². The number of hydrogen-bond donors (Lipinski definition) is 2. The number of benzene rings is 3. The zero-order valence-corrected chi connectivity index (χ0v) is 21.5. The molecule has 194 valence electrons. The number of rotatable bonds is 7. The minimum Gasteiger partial charge on any atom is -0.379 e. The Hall–Kier alpha value is -4.14. The molecule has 1 saturated heterocycles. The van der Waals surface area contributed by atoms with Gasteiger partial charge in [0.15, 0.2) is 0 Å². The van der Waals surface area contributed by atoms with E-state index in [0.717, 1.165) is 60.8 Å². The van der Waals surface area contributed by atoms with Gasteiger partial charge in [-0.15, -0.1) is 0 Å². The van der Waals surface area contributed by atoms with Crippen LogP contribution in [0.15, 0.2) is 72.9 Å². The molecule has 2 N–H and O–H groups in total. The molecule has 0 atom stereocenters. The van der Waals surface area contributed by atoms with Crippen molar-refractivity contribution in [3.63, 3.8) is 0 Å². The van der Waals surface area contributed by atoms with Gasteiger partial charge in [0, 0.05) is 42.6 Å². The van der Waals surface area contributed by atoms with Crippen LogP contribution in [0.2, 0.25) is 0 Å². The van der Waals surface area contributed by atoms with E-state index in [9.17, 15) is 4.79 Å². The van der Waals surface area contributed by atoms with E-state index < -0.39 is 5.82 Å². The molecule has 0 radical (unpaired) electrons. The third-order valence-electron chi connectivity index (χ3n) is 6.56. The molecule has 4 aromatic rings. The summed E-state index contributed by atoms with van der Waals surface area (Å²) in [5, 5.41) is 5.88. The van der Waals surface area contributed by atoms with E-state index in [-0.39, 0.29) is 23.1 Å². The van der Waals surface area contributed by atoms with Gasteiger partial charge in [-0.1, -0.05) is 42.5 Å². The molecule has 3 aromatic carbocycles. The smallest absolute Gasteiger partial charge is 0.255 e. The highest BCUT2D eigenvalue weighted by Crippen LogP contribution is 2.25. The van der Waals surface area contributed by atoms with E-state index >= 15 is 4.39 Å². The highest BCUT2D eigenvalue weighted by Gasteiger charge is 2.15. The molecule has 0 saturated carbocycles. The van der Waals surface area contributed by atoms with Gasteiger partial charge in [-0.2, -0.15) is 0 Å². The lowest BCUT2D eigenvalue weighted by Crippen LogP contribution is -2.35. The Morgan fingerprint density at radius 3 is 2.53 bits per heavy atom. The average Bonchev–Trinajstić information content (AvgIpc) is 2.93. The van der Waals surface area contributed by atoms with Gasteiger partial charge in [-0.25, -0.2) is 14.4 Å².